The molecule has 0 aliphatic carbocycles. The van der Waals surface area contributed by atoms with Crippen LogP contribution in [0.4, 0.5) is 4.39 Å². The van der Waals surface area contributed by atoms with Crippen molar-refractivity contribution in [3.63, 3.8) is 0 Å². The Balaban J connectivity index is 1.75. The SMILES string of the molecule is NS(=O)(=O)c1ccc(CNC(=O)CN(Cc2ccccc2)S(=O)(=O)c2ccc(F)cc2)cc1. The van der Waals surface area contributed by atoms with E-state index in [1.54, 1.807) is 30.3 Å². The second-order valence-corrected chi connectivity index (χ2v) is 10.7. The molecule has 3 aromatic carbocycles. The molecule has 0 radical (unpaired) electrons. The lowest BCUT2D eigenvalue weighted by atomic mass is 10.2. The third-order valence-electron chi connectivity index (χ3n) is 4.71. The third-order valence-corrected chi connectivity index (χ3v) is 7.45. The number of carbonyl (C=O) groups excluding carboxylic acids is 1. The summed E-state index contributed by atoms with van der Waals surface area (Å²) in [4.78, 5) is 12.4. The van der Waals surface area contributed by atoms with Crippen LogP contribution in [0.3, 0.4) is 0 Å². The van der Waals surface area contributed by atoms with Crippen molar-refractivity contribution >= 4 is 26.0 Å². The summed E-state index contributed by atoms with van der Waals surface area (Å²) in [6.07, 6.45) is 0. The van der Waals surface area contributed by atoms with Crippen molar-refractivity contribution in [2.24, 2.45) is 5.14 Å². The first-order valence-corrected chi connectivity index (χ1v) is 12.7. The summed E-state index contributed by atoms with van der Waals surface area (Å²) in [6, 6.07) is 18.8. The second-order valence-electron chi connectivity index (χ2n) is 7.18. The molecule has 0 saturated heterocycles. The molecule has 0 saturated carbocycles. The second kappa shape index (κ2) is 10.2. The van der Waals surface area contributed by atoms with Crippen LogP contribution in [-0.4, -0.2) is 33.6 Å². The van der Waals surface area contributed by atoms with Crippen molar-refractivity contribution in [2.75, 3.05) is 6.54 Å². The minimum atomic E-state index is -4.09. The minimum absolute atomic E-state index is 0.0551. The van der Waals surface area contributed by atoms with Gasteiger partial charge in [0.25, 0.3) is 0 Å². The quantitative estimate of drug-likeness (QED) is 0.473. The van der Waals surface area contributed by atoms with E-state index in [9.17, 15) is 26.0 Å². The number of hydrogen-bond acceptors (Lipinski definition) is 5. The number of nitrogens with two attached hydrogens (primary N) is 1. The molecule has 0 atom stereocenters. The Kier molecular flexibility index (Phi) is 7.59. The van der Waals surface area contributed by atoms with Crippen LogP contribution >= 0.6 is 0 Å². The zero-order valence-corrected chi connectivity index (χ0v) is 19.0. The van der Waals surface area contributed by atoms with Crippen LogP contribution in [0.2, 0.25) is 0 Å². The summed E-state index contributed by atoms with van der Waals surface area (Å²) < 4.78 is 63.2. The van der Waals surface area contributed by atoms with Crippen LogP contribution in [0.1, 0.15) is 11.1 Å². The molecule has 0 aromatic heterocycles. The fraction of sp³-hybridized carbons (Fsp3) is 0.136. The molecular formula is C22H22FN3O5S2. The predicted octanol–water partition coefficient (Wildman–Crippen LogP) is 1.98. The van der Waals surface area contributed by atoms with Crippen molar-refractivity contribution < 1.29 is 26.0 Å². The van der Waals surface area contributed by atoms with Crippen molar-refractivity contribution in [3.05, 3.63) is 95.8 Å². The van der Waals surface area contributed by atoms with Gasteiger partial charge in [-0.25, -0.2) is 26.4 Å². The number of nitrogens with zero attached hydrogens (tertiary/aromatic N) is 1. The van der Waals surface area contributed by atoms with Gasteiger partial charge in [0.1, 0.15) is 5.82 Å². The van der Waals surface area contributed by atoms with Gasteiger partial charge in [0.2, 0.25) is 26.0 Å². The number of benzene rings is 3. The van der Waals surface area contributed by atoms with Gasteiger partial charge >= 0.3 is 0 Å². The van der Waals surface area contributed by atoms with Gasteiger partial charge in [0.05, 0.1) is 16.3 Å². The Morgan fingerprint density at radius 1 is 0.818 bits per heavy atom. The topological polar surface area (TPSA) is 127 Å². The van der Waals surface area contributed by atoms with E-state index < -0.39 is 38.3 Å². The molecule has 1 amide bonds. The molecule has 8 nitrogen and oxygen atoms in total. The molecular weight excluding hydrogens is 469 g/mol. The number of halogens is 1. The van der Waals surface area contributed by atoms with Crippen molar-refractivity contribution in [3.8, 4) is 0 Å². The maximum Gasteiger partial charge on any atom is 0.243 e. The predicted molar refractivity (Wildman–Crippen MR) is 120 cm³/mol. The summed E-state index contributed by atoms with van der Waals surface area (Å²) in [5.41, 5.74) is 1.28. The van der Waals surface area contributed by atoms with Gasteiger partial charge in [0.15, 0.2) is 0 Å². The maximum atomic E-state index is 13.3. The lowest BCUT2D eigenvalue weighted by Crippen LogP contribution is -2.40. The standard InChI is InChI=1S/C22H22FN3O5S2/c23-19-8-12-21(13-9-19)33(30,31)26(15-18-4-2-1-3-5-18)16-22(27)25-14-17-6-10-20(11-7-17)32(24,28)29/h1-13H,14-16H2,(H,25,27)(H2,24,28,29). The smallest absolute Gasteiger partial charge is 0.243 e. The number of hydrogen-bond donors (Lipinski definition) is 2. The molecule has 33 heavy (non-hydrogen) atoms. The van der Waals surface area contributed by atoms with E-state index in [0.717, 1.165) is 28.6 Å². The average molecular weight is 492 g/mol. The Morgan fingerprint density at radius 3 is 1.97 bits per heavy atom. The summed E-state index contributed by atoms with van der Waals surface area (Å²) in [7, 11) is -7.92. The lowest BCUT2D eigenvalue weighted by molar-refractivity contribution is -0.121. The monoisotopic (exact) mass is 491 g/mol. The largest absolute Gasteiger partial charge is 0.351 e. The molecule has 0 bridgehead atoms. The fourth-order valence-electron chi connectivity index (χ4n) is 2.98. The highest BCUT2D eigenvalue weighted by molar-refractivity contribution is 7.89. The number of carbonyl (C=O) groups is 1. The highest BCUT2D eigenvalue weighted by atomic mass is 32.2. The molecule has 0 aliphatic heterocycles. The van der Waals surface area contributed by atoms with Crippen LogP contribution in [0.25, 0.3) is 0 Å². The van der Waals surface area contributed by atoms with Gasteiger partial charge in [0, 0.05) is 13.1 Å². The molecule has 3 rings (SSSR count). The van der Waals surface area contributed by atoms with E-state index in [-0.39, 0.29) is 22.9 Å². The first-order valence-electron chi connectivity index (χ1n) is 9.74. The first kappa shape index (κ1) is 24.5. The van der Waals surface area contributed by atoms with E-state index >= 15 is 0 Å². The summed E-state index contributed by atoms with van der Waals surface area (Å²) in [6.45, 7) is -0.472. The van der Waals surface area contributed by atoms with E-state index in [1.165, 1.54) is 24.3 Å². The maximum absolute atomic E-state index is 13.3. The lowest BCUT2D eigenvalue weighted by Gasteiger charge is -2.22. The molecule has 0 heterocycles. The van der Waals surface area contributed by atoms with Gasteiger partial charge in [-0.3, -0.25) is 4.79 Å². The van der Waals surface area contributed by atoms with E-state index in [2.05, 4.69) is 5.32 Å². The summed E-state index contributed by atoms with van der Waals surface area (Å²) in [5, 5.41) is 7.68. The number of primary sulfonamides is 1. The Bertz CT molecular complexity index is 1310. The van der Waals surface area contributed by atoms with E-state index in [1.807, 2.05) is 0 Å². The van der Waals surface area contributed by atoms with Crippen molar-refractivity contribution in [1.29, 1.82) is 0 Å². The van der Waals surface area contributed by atoms with Crippen LogP contribution in [-0.2, 0) is 37.9 Å². The average Bonchev–Trinajstić information content (AvgIpc) is 2.78. The number of sulfonamides is 2. The van der Waals surface area contributed by atoms with Gasteiger partial charge in [-0.15, -0.1) is 0 Å². The molecule has 3 N–H and O–H groups in total. The normalized spacial score (nSPS) is 12.0. The van der Waals surface area contributed by atoms with Gasteiger partial charge < -0.3 is 5.32 Å². The van der Waals surface area contributed by atoms with Crippen LogP contribution in [0.5, 0.6) is 0 Å². The summed E-state index contributed by atoms with van der Waals surface area (Å²) in [5.74, 6) is -1.14. The highest BCUT2D eigenvalue weighted by Gasteiger charge is 2.27. The number of amides is 1. The zero-order chi connectivity index (χ0) is 24.1. The molecule has 0 unspecified atom stereocenters. The van der Waals surface area contributed by atoms with Crippen LogP contribution in [0.15, 0.2) is 88.7 Å². The fourth-order valence-corrected chi connectivity index (χ4v) is 4.88. The molecule has 11 heteroatoms. The van der Waals surface area contributed by atoms with Crippen LogP contribution in [0, 0.1) is 5.82 Å². The van der Waals surface area contributed by atoms with E-state index in [4.69, 9.17) is 5.14 Å². The highest BCUT2D eigenvalue weighted by Crippen LogP contribution is 2.19. The Morgan fingerprint density at radius 2 is 1.39 bits per heavy atom. The van der Waals surface area contributed by atoms with Crippen LogP contribution < -0.4 is 10.5 Å². The Hall–Kier alpha value is -3.12. The molecule has 174 valence electrons. The molecule has 0 spiro atoms. The van der Waals surface area contributed by atoms with Gasteiger partial charge in [-0.05, 0) is 47.5 Å². The molecule has 0 aliphatic rings. The number of nitrogens with one attached hydrogen (secondary N) is 1. The zero-order valence-electron chi connectivity index (χ0n) is 17.4. The van der Waals surface area contributed by atoms with E-state index in [0.29, 0.717) is 11.1 Å². The summed E-state index contributed by atoms with van der Waals surface area (Å²) >= 11 is 0. The Labute approximate surface area is 192 Å². The third kappa shape index (κ3) is 6.68. The minimum Gasteiger partial charge on any atom is -0.351 e. The van der Waals surface area contributed by atoms with Crippen molar-refractivity contribution in [2.45, 2.75) is 22.9 Å². The van der Waals surface area contributed by atoms with Gasteiger partial charge in [-0.2, -0.15) is 4.31 Å². The molecule has 3 aromatic rings. The molecule has 0 fully saturated rings. The van der Waals surface area contributed by atoms with Crippen molar-refractivity contribution in [1.82, 2.24) is 9.62 Å². The number of rotatable bonds is 9. The first-order chi connectivity index (χ1) is 15.6. The van der Waals surface area contributed by atoms with Gasteiger partial charge in [-0.1, -0.05) is 42.5 Å².